The number of hydrogen-bond donors (Lipinski definition) is 2. The summed E-state index contributed by atoms with van der Waals surface area (Å²) < 4.78 is 0. The van der Waals surface area contributed by atoms with E-state index >= 15 is 0 Å². The number of amides is 5. The summed E-state index contributed by atoms with van der Waals surface area (Å²) in [6.45, 7) is 6.73. The van der Waals surface area contributed by atoms with Gasteiger partial charge < -0.3 is 15.5 Å². The molecule has 1 aliphatic heterocycles. The van der Waals surface area contributed by atoms with E-state index in [1.165, 1.54) is 0 Å². The summed E-state index contributed by atoms with van der Waals surface area (Å²) in [7, 11) is 0. The van der Waals surface area contributed by atoms with Crippen LogP contribution in [0.3, 0.4) is 0 Å². The molecule has 2 unspecified atom stereocenters. The van der Waals surface area contributed by atoms with Crippen LogP contribution < -0.4 is 10.6 Å². The molecule has 8 heteroatoms. The molecule has 5 amide bonds. The molecule has 1 saturated carbocycles. The number of benzene rings is 1. The Kier molecular flexibility index (Phi) is 6.43. The van der Waals surface area contributed by atoms with E-state index in [0.29, 0.717) is 30.8 Å². The maximum Gasteiger partial charge on any atom is 0.325 e. The second kappa shape index (κ2) is 8.85. The zero-order chi connectivity index (χ0) is 21.9. The topological polar surface area (TPSA) is 98.8 Å². The number of nitrogens with one attached hydrogen (secondary N) is 2. The van der Waals surface area contributed by atoms with Crippen LogP contribution in [-0.2, 0) is 9.59 Å². The molecule has 0 bridgehead atoms. The van der Waals surface area contributed by atoms with Gasteiger partial charge >= 0.3 is 6.03 Å². The molecular formula is C22H30N4O4. The van der Waals surface area contributed by atoms with E-state index in [9.17, 15) is 19.2 Å². The quantitative estimate of drug-likeness (QED) is 0.699. The average Bonchev–Trinajstić information content (AvgIpc) is 2.96. The second-order valence-electron chi connectivity index (χ2n) is 8.04. The SMILES string of the molecule is CCN(CC)C(=O)c1ccc(NC(=O)CN2C(=O)NC3(CCCCC3C)C2=O)cc1. The normalized spacial score (nSPS) is 23.4. The first-order chi connectivity index (χ1) is 14.3. The summed E-state index contributed by atoms with van der Waals surface area (Å²) >= 11 is 0. The minimum atomic E-state index is -0.873. The van der Waals surface area contributed by atoms with Gasteiger partial charge in [0.2, 0.25) is 5.91 Å². The number of imide groups is 1. The van der Waals surface area contributed by atoms with Gasteiger partial charge in [-0.1, -0.05) is 19.8 Å². The molecule has 2 fully saturated rings. The smallest absolute Gasteiger partial charge is 0.325 e. The van der Waals surface area contributed by atoms with Crippen LogP contribution in [0.5, 0.6) is 0 Å². The predicted molar refractivity (Wildman–Crippen MR) is 113 cm³/mol. The Labute approximate surface area is 177 Å². The minimum absolute atomic E-state index is 0.0478. The monoisotopic (exact) mass is 414 g/mol. The van der Waals surface area contributed by atoms with Crippen LogP contribution in [0.15, 0.2) is 24.3 Å². The molecule has 1 aromatic rings. The number of rotatable bonds is 6. The summed E-state index contributed by atoms with van der Waals surface area (Å²) in [6, 6.07) is 6.09. The lowest BCUT2D eigenvalue weighted by molar-refractivity contribution is -0.136. The molecule has 2 N–H and O–H groups in total. The molecule has 1 saturated heterocycles. The van der Waals surface area contributed by atoms with Crippen LogP contribution in [0.4, 0.5) is 10.5 Å². The first kappa shape index (κ1) is 21.8. The van der Waals surface area contributed by atoms with E-state index in [2.05, 4.69) is 10.6 Å². The standard InChI is InChI=1S/C22H30N4O4/c1-4-25(5-2)19(28)16-9-11-17(12-10-16)23-18(27)14-26-20(29)22(24-21(26)30)13-7-6-8-15(22)3/h9-12,15H,4-8,13-14H2,1-3H3,(H,23,27)(H,24,30). The highest BCUT2D eigenvalue weighted by Crippen LogP contribution is 2.38. The lowest BCUT2D eigenvalue weighted by Gasteiger charge is -2.36. The Morgan fingerprint density at radius 2 is 1.83 bits per heavy atom. The molecule has 2 aliphatic rings. The van der Waals surface area contributed by atoms with Gasteiger partial charge in [0, 0.05) is 24.3 Å². The summed E-state index contributed by atoms with van der Waals surface area (Å²) in [6.07, 6.45) is 3.41. The molecule has 162 valence electrons. The average molecular weight is 415 g/mol. The van der Waals surface area contributed by atoms with Crippen molar-refractivity contribution in [1.82, 2.24) is 15.1 Å². The van der Waals surface area contributed by atoms with Crippen molar-refractivity contribution in [3.05, 3.63) is 29.8 Å². The van der Waals surface area contributed by atoms with Crippen LogP contribution in [0.2, 0.25) is 0 Å². The van der Waals surface area contributed by atoms with Gasteiger partial charge in [0.1, 0.15) is 12.1 Å². The number of carbonyl (C=O) groups excluding carboxylic acids is 4. The molecule has 1 heterocycles. The molecule has 1 aliphatic carbocycles. The predicted octanol–water partition coefficient (Wildman–Crippen LogP) is 2.61. The molecule has 1 aromatic carbocycles. The van der Waals surface area contributed by atoms with Crippen LogP contribution in [0, 0.1) is 5.92 Å². The maximum atomic E-state index is 13.0. The van der Waals surface area contributed by atoms with Gasteiger partial charge in [-0.3, -0.25) is 19.3 Å². The first-order valence-corrected chi connectivity index (χ1v) is 10.7. The zero-order valence-corrected chi connectivity index (χ0v) is 17.9. The first-order valence-electron chi connectivity index (χ1n) is 10.7. The number of anilines is 1. The molecule has 0 aromatic heterocycles. The van der Waals surface area contributed by atoms with E-state index in [0.717, 1.165) is 24.2 Å². The highest BCUT2D eigenvalue weighted by molar-refractivity contribution is 6.10. The Morgan fingerprint density at radius 1 is 1.17 bits per heavy atom. The highest BCUT2D eigenvalue weighted by Gasteiger charge is 2.55. The minimum Gasteiger partial charge on any atom is -0.339 e. The number of hydrogen-bond acceptors (Lipinski definition) is 4. The van der Waals surface area contributed by atoms with Gasteiger partial charge in [0.15, 0.2) is 0 Å². The van der Waals surface area contributed by atoms with Crippen molar-refractivity contribution in [2.24, 2.45) is 5.92 Å². The fourth-order valence-corrected chi connectivity index (χ4v) is 4.37. The Morgan fingerprint density at radius 3 is 2.43 bits per heavy atom. The molecule has 1 spiro atoms. The molecular weight excluding hydrogens is 384 g/mol. The van der Waals surface area contributed by atoms with Crippen molar-refractivity contribution in [3.63, 3.8) is 0 Å². The van der Waals surface area contributed by atoms with E-state index in [-0.39, 0.29) is 24.3 Å². The van der Waals surface area contributed by atoms with Crippen LogP contribution in [-0.4, -0.2) is 58.7 Å². The van der Waals surface area contributed by atoms with Crippen molar-refractivity contribution in [1.29, 1.82) is 0 Å². The van der Waals surface area contributed by atoms with Crippen molar-refractivity contribution in [2.45, 2.75) is 52.0 Å². The molecule has 0 radical (unpaired) electrons. The number of urea groups is 1. The molecule has 8 nitrogen and oxygen atoms in total. The van der Waals surface area contributed by atoms with Gasteiger partial charge in [-0.25, -0.2) is 4.79 Å². The molecule has 3 rings (SSSR count). The van der Waals surface area contributed by atoms with Gasteiger partial charge in [0.05, 0.1) is 0 Å². The van der Waals surface area contributed by atoms with E-state index in [1.807, 2.05) is 20.8 Å². The lowest BCUT2D eigenvalue weighted by atomic mass is 9.73. The summed E-state index contributed by atoms with van der Waals surface area (Å²) in [5.74, 6) is -0.785. The molecule has 30 heavy (non-hydrogen) atoms. The summed E-state index contributed by atoms with van der Waals surface area (Å²) in [4.78, 5) is 52.9. The van der Waals surface area contributed by atoms with Crippen molar-refractivity contribution in [3.8, 4) is 0 Å². The van der Waals surface area contributed by atoms with Crippen LogP contribution in [0.1, 0.15) is 56.8 Å². The second-order valence-corrected chi connectivity index (χ2v) is 8.04. The zero-order valence-electron chi connectivity index (χ0n) is 17.9. The summed E-state index contributed by atoms with van der Waals surface area (Å²) in [5, 5.41) is 5.54. The Hall–Kier alpha value is -2.90. The summed E-state index contributed by atoms with van der Waals surface area (Å²) in [5.41, 5.74) is 0.171. The largest absolute Gasteiger partial charge is 0.339 e. The molecule has 2 atom stereocenters. The van der Waals surface area contributed by atoms with Gasteiger partial charge in [-0.2, -0.15) is 0 Å². The fourth-order valence-electron chi connectivity index (χ4n) is 4.37. The Bertz CT molecular complexity index is 834. The highest BCUT2D eigenvalue weighted by atomic mass is 16.2. The number of nitrogens with zero attached hydrogens (tertiary/aromatic N) is 2. The van der Waals surface area contributed by atoms with E-state index < -0.39 is 17.5 Å². The van der Waals surface area contributed by atoms with Crippen LogP contribution >= 0.6 is 0 Å². The van der Waals surface area contributed by atoms with Gasteiger partial charge in [-0.15, -0.1) is 0 Å². The Balaban J connectivity index is 1.62. The van der Waals surface area contributed by atoms with Crippen molar-refractivity contribution < 1.29 is 19.2 Å². The lowest BCUT2D eigenvalue weighted by Crippen LogP contribution is -2.54. The van der Waals surface area contributed by atoms with Gasteiger partial charge in [-0.05, 0) is 56.9 Å². The number of carbonyl (C=O) groups is 4. The van der Waals surface area contributed by atoms with Gasteiger partial charge in [0.25, 0.3) is 11.8 Å². The third kappa shape index (κ3) is 4.04. The van der Waals surface area contributed by atoms with Crippen molar-refractivity contribution >= 4 is 29.4 Å². The third-order valence-electron chi connectivity index (χ3n) is 6.27. The fraction of sp³-hybridized carbons (Fsp3) is 0.545. The third-order valence-corrected chi connectivity index (χ3v) is 6.27. The van der Waals surface area contributed by atoms with E-state index in [1.54, 1.807) is 29.2 Å². The van der Waals surface area contributed by atoms with Crippen LogP contribution in [0.25, 0.3) is 0 Å². The maximum absolute atomic E-state index is 13.0. The van der Waals surface area contributed by atoms with Crippen molar-refractivity contribution in [2.75, 3.05) is 25.0 Å². The van der Waals surface area contributed by atoms with E-state index in [4.69, 9.17) is 0 Å².